The van der Waals surface area contributed by atoms with Gasteiger partial charge in [-0.3, -0.25) is 9.00 Å². The molecule has 21 heavy (non-hydrogen) atoms. The van der Waals surface area contributed by atoms with Gasteiger partial charge in [0.1, 0.15) is 0 Å². The molecule has 1 heterocycles. The Morgan fingerprint density at radius 2 is 2.05 bits per heavy atom. The molecule has 0 saturated heterocycles. The van der Waals surface area contributed by atoms with Crippen LogP contribution in [0.15, 0.2) is 48.7 Å². The average Bonchev–Trinajstić information content (AvgIpc) is 2.47. The van der Waals surface area contributed by atoms with Gasteiger partial charge in [-0.25, -0.2) is 4.98 Å². The summed E-state index contributed by atoms with van der Waals surface area (Å²) in [7, 11) is -1.07. The average molecular weight is 306 g/mol. The van der Waals surface area contributed by atoms with Gasteiger partial charge in [-0.15, -0.1) is 0 Å². The molecule has 0 bridgehead atoms. The summed E-state index contributed by atoms with van der Waals surface area (Å²) < 4.78 is 24.5. The highest BCUT2D eigenvalue weighted by Crippen LogP contribution is 2.14. The summed E-state index contributed by atoms with van der Waals surface area (Å²) in [5.74, 6) is -0.836. The molecule has 0 aliphatic heterocycles. The molecule has 0 unspecified atom stereocenters. The van der Waals surface area contributed by atoms with Crippen LogP contribution >= 0.6 is 0 Å². The fraction of sp³-hybridized carbons (Fsp3) is 0.200. The van der Waals surface area contributed by atoms with E-state index < -0.39 is 22.7 Å². The van der Waals surface area contributed by atoms with Crippen molar-refractivity contribution < 1.29 is 13.4 Å². The lowest BCUT2D eigenvalue weighted by Gasteiger charge is -2.18. The van der Waals surface area contributed by atoms with Crippen molar-refractivity contribution in [3.63, 3.8) is 0 Å². The first-order chi connectivity index (χ1) is 10.1. The van der Waals surface area contributed by atoms with E-state index in [1.165, 1.54) is 12.3 Å². The van der Waals surface area contributed by atoms with Crippen molar-refractivity contribution in [2.75, 3.05) is 12.0 Å². The number of carbonyl (C=O) groups is 1. The Morgan fingerprint density at radius 3 is 2.67 bits per heavy atom. The van der Waals surface area contributed by atoms with Gasteiger partial charge in [0.2, 0.25) is 5.95 Å². The Bertz CT molecular complexity index is 649. The number of aromatic nitrogens is 1. The van der Waals surface area contributed by atoms with Crippen molar-refractivity contribution >= 4 is 16.7 Å². The molecular weight excluding hydrogens is 291 g/mol. The lowest BCUT2D eigenvalue weighted by molar-refractivity contribution is 0.0940. The van der Waals surface area contributed by atoms with Crippen LogP contribution in [-0.4, -0.2) is 27.1 Å². The predicted octanol–water partition coefficient (Wildman–Crippen LogP) is 2.07. The third-order valence-electron chi connectivity index (χ3n) is 2.90. The summed E-state index contributed by atoms with van der Waals surface area (Å²) in [5, 5.41) is 2.78. The first-order valence-corrected chi connectivity index (χ1v) is 8.06. The van der Waals surface area contributed by atoms with Gasteiger partial charge in [-0.2, -0.15) is 4.39 Å². The molecule has 2 rings (SSSR count). The number of benzene rings is 1. The van der Waals surface area contributed by atoms with E-state index in [2.05, 4.69) is 10.3 Å². The van der Waals surface area contributed by atoms with Crippen molar-refractivity contribution in [3.05, 3.63) is 65.7 Å². The van der Waals surface area contributed by atoms with Crippen molar-refractivity contribution in [2.45, 2.75) is 6.04 Å². The SMILES string of the molecule is C[S@@](=O)C[C@@H](NC(=O)c1ccnc(F)c1)c1ccccc1. The molecule has 4 nitrogen and oxygen atoms in total. The minimum absolute atomic E-state index is 0.185. The molecule has 2 atom stereocenters. The Labute approximate surface area is 124 Å². The first kappa shape index (κ1) is 15.3. The van der Waals surface area contributed by atoms with Crippen LogP contribution in [-0.2, 0) is 10.8 Å². The van der Waals surface area contributed by atoms with E-state index >= 15 is 0 Å². The van der Waals surface area contributed by atoms with Gasteiger partial charge in [0.05, 0.1) is 6.04 Å². The van der Waals surface area contributed by atoms with Gasteiger partial charge in [-0.1, -0.05) is 30.3 Å². The molecular formula is C15H15FN2O2S. The third-order valence-corrected chi connectivity index (χ3v) is 3.70. The fourth-order valence-corrected chi connectivity index (χ4v) is 2.67. The minimum Gasteiger partial charge on any atom is -0.344 e. The second-order valence-corrected chi connectivity index (χ2v) is 6.02. The number of pyridine rings is 1. The van der Waals surface area contributed by atoms with Gasteiger partial charge in [-0.05, 0) is 11.6 Å². The topological polar surface area (TPSA) is 59.1 Å². The molecule has 0 fully saturated rings. The van der Waals surface area contributed by atoms with Crippen LogP contribution in [0.1, 0.15) is 22.0 Å². The molecule has 0 radical (unpaired) electrons. The molecule has 110 valence electrons. The Balaban J connectivity index is 2.19. The van der Waals surface area contributed by atoms with Gasteiger partial charge in [0, 0.05) is 40.6 Å². The van der Waals surface area contributed by atoms with E-state index in [1.54, 1.807) is 6.26 Å². The molecule has 6 heteroatoms. The number of nitrogens with one attached hydrogen (secondary N) is 1. The summed E-state index contributed by atoms with van der Waals surface area (Å²) >= 11 is 0. The summed E-state index contributed by atoms with van der Waals surface area (Å²) in [6, 6.07) is 11.4. The molecule has 0 saturated carbocycles. The maximum atomic E-state index is 13.1. The molecule has 1 N–H and O–H groups in total. The molecule has 2 aromatic rings. The highest BCUT2D eigenvalue weighted by Gasteiger charge is 2.17. The van der Waals surface area contributed by atoms with Gasteiger partial charge >= 0.3 is 0 Å². The number of hydrogen-bond acceptors (Lipinski definition) is 3. The van der Waals surface area contributed by atoms with Crippen LogP contribution < -0.4 is 5.32 Å². The standard InChI is InChI=1S/C15H15FN2O2S/c1-21(20)10-13(11-5-3-2-4-6-11)18-15(19)12-7-8-17-14(16)9-12/h2-9,13H,10H2,1H3,(H,18,19)/t13-,21-/m1/s1. The monoisotopic (exact) mass is 306 g/mol. The molecule has 1 aromatic carbocycles. The number of carbonyl (C=O) groups excluding carboxylic acids is 1. The van der Waals surface area contributed by atoms with E-state index in [4.69, 9.17) is 0 Å². The maximum absolute atomic E-state index is 13.1. The van der Waals surface area contributed by atoms with Crippen LogP contribution in [0.2, 0.25) is 0 Å². The first-order valence-electron chi connectivity index (χ1n) is 6.33. The molecule has 1 aromatic heterocycles. The Morgan fingerprint density at radius 1 is 1.33 bits per heavy atom. The molecule has 0 aliphatic rings. The van der Waals surface area contributed by atoms with E-state index in [9.17, 15) is 13.4 Å². The summed E-state index contributed by atoms with van der Waals surface area (Å²) in [5.41, 5.74) is 1.04. The minimum atomic E-state index is -1.07. The van der Waals surface area contributed by atoms with Crippen molar-refractivity contribution in [1.29, 1.82) is 0 Å². The molecule has 1 amide bonds. The van der Waals surface area contributed by atoms with Gasteiger partial charge in [0.15, 0.2) is 0 Å². The van der Waals surface area contributed by atoms with Crippen LogP contribution in [0.3, 0.4) is 0 Å². The largest absolute Gasteiger partial charge is 0.344 e. The van der Waals surface area contributed by atoms with Crippen molar-refractivity contribution in [2.24, 2.45) is 0 Å². The van der Waals surface area contributed by atoms with Gasteiger partial charge in [0.25, 0.3) is 5.91 Å². The smallest absolute Gasteiger partial charge is 0.252 e. The number of hydrogen-bond donors (Lipinski definition) is 1. The second kappa shape index (κ2) is 7.08. The summed E-state index contributed by atoms with van der Waals surface area (Å²) in [4.78, 5) is 15.6. The zero-order valence-corrected chi connectivity index (χ0v) is 12.3. The maximum Gasteiger partial charge on any atom is 0.252 e. The summed E-state index contributed by atoms with van der Waals surface area (Å²) in [6.45, 7) is 0. The third kappa shape index (κ3) is 4.46. The summed E-state index contributed by atoms with van der Waals surface area (Å²) in [6.07, 6.45) is 2.81. The van der Waals surface area contributed by atoms with Crippen molar-refractivity contribution in [3.8, 4) is 0 Å². The van der Waals surface area contributed by atoms with E-state index in [0.29, 0.717) is 5.75 Å². The van der Waals surface area contributed by atoms with E-state index in [0.717, 1.165) is 11.6 Å². The number of rotatable bonds is 5. The Kier molecular flexibility index (Phi) is 5.16. The van der Waals surface area contributed by atoms with Crippen LogP contribution in [0.4, 0.5) is 4.39 Å². The highest BCUT2D eigenvalue weighted by molar-refractivity contribution is 7.84. The normalized spacial score (nSPS) is 13.4. The highest BCUT2D eigenvalue weighted by atomic mass is 32.2. The molecule has 0 spiro atoms. The zero-order valence-electron chi connectivity index (χ0n) is 11.5. The second-order valence-electron chi connectivity index (χ2n) is 4.54. The lowest BCUT2D eigenvalue weighted by Crippen LogP contribution is -2.32. The van der Waals surface area contributed by atoms with Gasteiger partial charge < -0.3 is 5.32 Å². The molecule has 0 aliphatic carbocycles. The number of amides is 1. The fourth-order valence-electron chi connectivity index (χ4n) is 1.93. The zero-order chi connectivity index (χ0) is 15.2. The van der Waals surface area contributed by atoms with E-state index in [-0.39, 0.29) is 11.6 Å². The Hall–Kier alpha value is -2.08. The van der Waals surface area contributed by atoms with E-state index in [1.807, 2.05) is 30.3 Å². The van der Waals surface area contributed by atoms with Crippen LogP contribution in [0.25, 0.3) is 0 Å². The number of nitrogens with zero attached hydrogens (tertiary/aromatic N) is 1. The van der Waals surface area contributed by atoms with Crippen molar-refractivity contribution in [1.82, 2.24) is 10.3 Å². The predicted molar refractivity (Wildman–Crippen MR) is 79.8 cm³/mol. The number of halogens is 1. The quantitative estimate of drug-likeness (QED) is 0.860. The lowest BCUT2D eigenvalue weighted by atomic mass is 10.1. The van der Waals surface area contributed by atoms with Crippen LogP contribution in [0, 0.1) is 5.95 Å². The van der Waals surface area contributed by atoms with Crippen LogP contribution in [0.5, 0.6) is 0 Å².